The lowest BCUT2D eigenvalue weighted by atomic mass is 10.2. The van der Waals surface area contributed by atoms with E-state index in [0.717, 1.165) is 23.6 Å². The number of hydrazine groups is 1. The van der Waals surface area contributed by atoms with E-state index in [1.54, 1.807) is 0 Å². The van der Waals surface area contributed by atoms with Crippen molar-refractivity contribution in [3.05, 3.63) is 35.9 Å². The van der Waals surface area contributed by atoms with Crippen molar-refractivity contribution < 1.29 is 0 Å². The van der Waals surface area contributed by atoms with Gasteiger partial charge >= 0.3 is 0 Å². The van der Waals surface area contributed by atoms with Crippen molar-refractivity contribution in [3.8, 4) is 0 Å². The van der Waals surface area contributed by atoms with Gasteiger partial charge in [0.25, 0.3) is 0 Å². The smallest absolute Gasteiger partial charge is 0.160 e. The fraction of sp³-hybridized carbons (Fsp3) is 0.357. The molecule has 0 aromatic heterocycles. The van der Waals surface area contributed by atoms with Crippen LogP contribution in [0, 0.1) is 0 Å². The third kappa shape index (κ3) is 3.60. The molecule has 96 valence electrons. The molecule has 0 amide bonds. The number of unbranched alkanes of at least 4 members (excludes halogenated alkanes) is 2. The molecule has 0 unspecified atom stereocenters. The van der Waals surface area contributed by atoms with Gasteiger partial charge in [0.2, 0.25) is 0 Å². The van der Waals surface area contributed by atoms with Crippen molar-refractivity contribution in [1.82, 2.24) is 10.9 Å². The molecule has 3 N–H and O–H groups in total. The molecule has 0 bridgehead atoms. The molecule has 0 fully saturated rings. The third-order valence-electron chi connectivity index (χ3n) is 2.80. The number of hydrazone groups is 1. The SMILES string of the molecule is CCCCCNNC1=NNc2ccccc2C=C1. The first kappa shape index (κ1) is 12.6. The lowest BCUT2D eigenvalue weighted by molar-refractivity contribution is 0.594. The Morgan fingerprint density at radius 3 is 2.94 bits per heavy atom. The van der Waals surface area contributed by atoms with Crippen LogP contribution in [0.4, 0.5) is 5.69 Å². The number of hydrogen-bond acceptors (Lipinski definition) is 4. The van der Waals surface area contributed by atoms with Crippen LogP contribution in [0.2, 0.25) is 0 Å². The Labute approximate surface area is 108 Å². The number of hydrogen-bond donors (Lipinski definition) is 3. The van der Waals surface area contributed by atoms with E-state index in [1.165, 1.54) is 19.3 Å². The Kier molecular flexibility index (Phi) is 4.78. The number of anilines is 1. The molecule has 1 aromatic carbocycles. The Morgan fingerprint density at radius 2 is 2.06 bits per heavy atom. The van der Waals surface area contributed by atoms with Crippen LogP contribution in [0.3, 0.4) is 0 Å². The average molecular weight is 244 g/mol. The van der Waals surface area contributed by atoms with Crippen molar-refractivity contribution >= 4 is 17.6 Å². The van der Waals surface area contributed by atoms with Gasteiger partial charge in [-0.1, -0.05) is 38.0 Å². The highest BCUT2D eigenvalue weighted by atomic mass is 15.4. The number of benzene rings is 1. The minimum Gasteiger partial charge on any atom is -0.304 e. The van der Waals surface area contributed by atoms with Crippen LogP contribution < -0.4 is 16.3 Å². The highest BCUT2D eigenvalue weighted by Gasteiger charge is 2.02. The van der Waals surface area contributed by atoms with Crippen LogP contribution >= 0.6 is 0 Å². The van der Waals surface area contributed by atoms with Crippen LogP contribution in [-0.4, -0.2) is 12.4 Å². The maximum atomic E-state index is 4.29. The molecule has 0 aliphatic carbocycles. The Hall–Kier alpha value is -1.81. The zero-order valence-corrected chi connectivity index (χ0v) is 10.7. The highest BCUT2D eigenvalue weighted by molar-refractivity contribution is 5.98. The van der Waals surface area contributed by atoms with E-state index >= 15 is 0 Å². The summed E-state index contributed by atoms with van der Waals surface area (Å²) in [6, 6.07) is 8.09. The van der Waals surface area contributed by atoms with Crippen molar-refractivity contribution in [1.29, 1.82) is 0 Å². The first-order valence-electron chi connectivity index (χ1n) is 6.50. The third-order valence-corrected chi connectivity index (χ3v) is 2.80. The molecule has 0 spiro atoms. The molecular weight excluding hydrogens is 224 g/mol. The summed E-state index contributed by atoms with van der Waals surface area (Å²) in [7, 11) is 0. The Morgan fingerprint density at radius 1 is 1.17 bits per heavy atom. The monoisotopic (exact) mass is 244 g/mol. The lowest BCUT2D eigenvalue weighted by Crippen LogP contribution is -2.37. The number of fused-ring (bicyclic) bond motifs is 1. The molecule has 4 heteroatoms. The maximum absolute atomic E-state index is 4.29. The summed E-state index contributed by atoms with van der Waals surface area (Å²) >= 11 is 0. The van der Waals surface area contributed by atoms with Gasteiger partial charge in [-0.25, -0.2) is 5.43 Å². The molecule has 1 heterocycles. The fourth-order valence-electron chi connectivity index (χ4n) is 1.76. The molecule has 1 aliphatic heterocycles. The van der Waals surface area contributed by atoms with E-state index in [-0.39, 0.29) is 0 Å². The molecule has 0 saturated heterocycles. The van der Waals surface area contributed by atoms with Crippen molar-refractivity contribution in [2.45, 2.75) is 26.2 Å². The molecule has 1 aromatic rings. The van der Waals surface area contributed by atoms with Crippen molar-refractivity contribution in [2.24, 2.45) is 5.10 Å². The molecule has 2 rings (SSSR count). The first-order valence-corrected chi connectivity index (χ1v) is 6.50. The molecule has 0 saturated carbocycles. The number of nitrogens with zero attached hydrogens (tertiary/aromatic N) is 1. The Bertz CT molecular complexity index is 437. The predicted octanol–water partition coefficient (Wildman–Crippen LogP) is 2.72. The van der Waals surface area contributed by atoms with Crippen LogP contribution in [0.1, 0.15) is 31.7 Å². The maximum Gasteiger partial charge on any atom is 0.160 e. The van der Waals surface area contributed by atoms with Crippen LogP contribution in [0.5, 0.6) is 0 Å². The van der Waals surface area contributed by atoms with Gasteiger partial charge in [0.15, 0.2) is 5.84 Å². The highest BCUT2D eigenvalue weighted by Crippen LogP contribution is 2.18. The molecule has 0 atom stereocenters. The van der Waals surface area contributed by atoms with Gasteiger partial charge in [-0.3, -0.25) is 5.43 Å². The van der Waals surface area contributed by atoms with Gasteiger partial charge in [0.1, 0.15) is 0 Å². The second-order valence-electron chi connectivity index (χ2n) is 4.29. The number of para-hydroxylation sites is 1. The summed E-state index contributed by atoms with van der Waals surface area (Å²) in [6.07, 6.45) is 7.68. The van der Waals surface area contributed by atoms with Gasteiger partial charge in [-0.2, -0.15) is 5.10 Å². The molecule has 18 heavy (non-hydrogen) atoms. The summed E-state index contributed by atoms with van der Waals surface area (Å²) in [4.78, 5) is 0. The second kappa shape index (κ2) is 6.81. The molecule has 1 aliphatic rings. The largest absolute Gasteiger partial charge is 0.304 e. The molecular formula is C14H20N4. The fourth-order valence-corrected chi connectivity index (χ4v) is 1.76. The zero-order valence-electron chi connectivity index (χ0n) is 10.7. The van der Waals surface area contributed by atoms with Crippen molar-refractivity contribution in [3.63, 3.8) is 0 Å². The standard InChI is InChI=1S/C14H20N4/c1-2-3-6-11-15-17-14-10-9-12-7-4-5-8-13(12)16-18-14/h4-5,7-10,15-16H,2-3,6,11H2,1H3,(H,17,18). The van der Waals surface area contributed by atoms with E-state index in [2.05, 4.69) is 40.4 Å². The first-order chi connectivity index (χ1) is 8.90. The zero-order chi connectivity index (χ0) is 12.6. The number of rotatable bonds is 5. The lowest BCUT2D eigenvalue weighted by Gasteiger charge is -2.07. The number of nitrogens with one attached hydrogen (secondary N) is 3. The van der Waals surface area contributed by atoms with Gasteiger partial charge < -0.3 is 5.43 Å². The second-order valence-corrected chi connectivity index (χ2v) is 4.29. The normalized spacial score (nSPS) is 13.3. The number of amidine groups is 1. The van der Waals surface area contributed by atoms with Gasteiger partial charge in [0, 0.05) is 6.54 Å². The molecule has 0 radical (unpaired) electrons. The van der Waals surface area contributed by atoms with E-state index < -0.39 is 0 Å². The quantitative estimate of drug-likeness (QED) is 0.551. The summed E-state index contributed by atoms with van der Waals surface area (Å²) < 4.78 is 0. The van der Waals surface area contributed by atoms with E-state index in [0.29, 0.717) is 0 Å². The Balaban J connectivity index is 1.84. The predicted molar refractivity (Wildman–Crippen MR) is 77.2 cm³/mol. The van der Waals surface area contributed by atoms with Crippen molar-refractivity contribution in [2.75, 3.05) is 12.0 Å². The topological polar surface area (TPSA) is 48.5 Å². The van der Waals surface area contributed by atoms with Crippen LogP contribution in [0.15, 0.2) is 35.4 Å². The van der Waals surface area contributed by atoms with Crippen LogP contribution in [-0.2, 0) is 0 Å². The van der Waals surface area contributed by atoms with Crippen LogP contribution in [0.25, 0.3) is 6.08 Å². The average Bonchev–Trinajstić information content (AvgIpc) is 2.61. The minimum absolute atomic E-state index is 0.794. The van der Waals surface area contributed by atoms with Gasteiger partial charge in [-0.15, -0.1) is 0 Å². The van der Waals surface area contributed by atoms with E-state index in [1.807, 2.05) is 24.3 Å². The minimum atomic E-state index is 0.794. The van der Waals surface area contributed by atoms with Gasteiger partial charge in [-0.05, 0) is 30.2 Å². The summed E-state index contributed by atoms with van der Waals surface area (Å²) in [5.41, 5.74) is 11.5. The van der Waals surface area contributed by atoms with E-state index in [4.69, 9.17) is 0 Å². The molecule has 4 nitrogen and oxygen atoms in total. The summed E-state index contributed by atoms with van der Waals surface area (Å²) in [6.45, 7) is 3.15. The van der Waals surface area contributed by atoms with E-state index in [9.17, 15) is 0 Å². The van der Waals surface area contributed by atoms with Gasteiger partial charge in [0.05, 0.1) is 5.69 Å². The summed E-state index contributed by atoms with van der Waals surface area (Å²) in [5.74, 6) is 0.794. The summed E-state index contributed by atoms with van der Waals surface area (Å²) in [5, 5.41) is 4.29.